The van der Waals surface area contributed by atoms with Crippen molar-refractivity contribution in [3.05, 3.63) is 58.9 Å². The molecular formula is C16H16N2OS. The summed E-state index contributed by atoms with van der Waals surface area (Å²) in [6.45, 7) is 3.11. The van der Waals surface area contributed by atoms with Crippen LogP contribution in [-0.2, 0) is 6.54 Å². The Morgan fingerprint density at radius 3 is 2.70 bits per heavy atom. The number of para-hydroxylation sites is 1. The minimum absolute atomic E-state index is 0.893. The highest BCUT2D eigenvalue weighted by molar-refractivity contribution is 7.07. The maximum absolute atomic E-state index is 5.51. The number of rotatable bonds is 4. The molecule has 3 nitrogen and oxygen atoms in total. The Kier molecular flexibility index (Phi) is 3.83. The van der Waals surface area contributed by atoms with E-state index in [1.807, 2.05) is 42.5 Å². The molecule has 0 amide bonds. The van der Waals surface area contributed by atoms with Crippen LogP contribution in [0.1, 0.15) is 13.3 Å². The Morgan fingerprint density at radius 1 is 1.15 bits per heavy atom. The topological polar surface area (TPSA) is 30.4 Å². The van der Waals surface area contributed by atoms with Gasteiger partial charge in [-0.1, -0.05) is 25.1 Å². The SMILES string of the molecule is CCCn1c(-c2ccco2)csc1=Nc1ccccc1. The molecule has 0 aliphatic rings. The summed E-state index contributed by atoms with van der Waals surface area (Å²) in [5, 5.41) is 2.11. The highest BCUT2D eigenvalue weighted by Crippen LogP contribution is 2.21. The van der Waals surface area contributed by atoms with Crippen molar-refractivity contribution in [3.8, 4) is 11.5 Å². The number of nitrogens with zero attached hydrogens (tertiary/aromatic N) is 2. The fourth-order valence-corrected chi connectivity index (χ4v) is 3.03. The fraction of sp³-hybridized carbons (Fsp3) is 0.188. The standard InChI is InChI=1S/C16H16N2OS/c1-2-10-18-14(15-9-6-11-19-15)12-20-16(18)17-13-7-4-3-5-8-13/h3-9,11-12H,2,10H2,1H3. The molecule has 0 saturated carbocycles. The number of hydrogen-bond acceptors (Lipinski definition) is 3. The zero-order valence-electron chi connectivity index (χ0n) is 11.3. The number of furan rings is 1. The first-order valence-corrected chi connectivity index (χ1v) is 7.58. The van der Waals surface area contributed by atoms with Gasteiger partial charge in [-0.2, -0.15) is 0 Å². The maximum atomic E-state index is 5.51. The van der Waals surface area contributed by atoms with Crippen LogP contribution in [0.5, 0.6) is 0 Å². The number of thiazole rings is 1. The molecule has 0 spiro atoms. The smallest absolute Gasteiger partial charge is 0.190 e. The first kappa shape index (κ1) is 12.9. The predicted molar refractivity (Wildman–Crippen MR) is 82.0 cm³/mol. The van der Waals surface area contributed by atoms with Gasteiger partial charge in [-0.15, -0.1) is 11.3 Å². The van der Waals surface area contributed by atoms with Crippen LogP contribution >= 0.6 is 11.3 Å². The summed E-state index contributed by atoms with van der Waals surface area (Å²) in [4.78, 5) is 5.73. The van der Waals surface area contributed by atoms with E-state index in [9.17, 15) is 0 Å². The Hall–Kier alpha value is -2.07. The first-order chi connectivity index (χ1) is 9.88. The number of aromatic nitrogens is 1. The molecule has 0 aliphatic carbocycles. The molecule has 3 aromatic rings. The van der Waals surface area contributed by atoms with Gasteiger partial charge in [0.1, 0.15) is 0 Å². The lowest BCUT2D eigenvalue weighted by Gasteiger charge is -2.05. The highest BCUT2D eigenvalue weighted by atomic mass is 32.1. The van der Waals surface area contributed by atoms with E-state index in [4.69, 9.17) is 9.41 Å². The normalized spacial score (nSPS) is 11.9. The van der Waals surface area contributed by atoms with E-state index in [0.29, 0.717) is 0 Å². The molecule has 102 valence electrons. The summed E-state index contributed by atoms with van der Waals surface area (Å²) in [5.41, 5.74) is 2.07. The molecule has 0 fully saturated rings. The van der Waals surface area contributed by atoms with Crippen molar-refractivity contribution < 1.29 is 4.42 Å². The van der Waals surface area contributed by atoms with Crippen LogP contribution in [0, 0.1) is 0 Å². The third-order valence-electron chi connectivity index (χ3n) is 3.00. The lowest BCUT2D eigenvalue weighted by Crippen LogP contribution is -2.15. The summed E-state index contributed by atoms with van der Waals surface area (Å²) < 4.78 is 7.73. The van der Waals surface area contributed by atoms with Crippen LogP contribution in [0.25, 0.3) is 11.5 Å². The Balaban J connectivity index is 2.10. The molecule has 0 saturated heterocycles. The lowest BCUT2D eigenvalue weighted by atomic mass is 10.3. The molecular weight excluding hydrogens is 268 g/mol. The van der Waals surface area contributed by atoms with Crippen molar-refractivity contribution in [2.75, 3.05) is 0 Å². The van der Waals surface area contributed by atoms with Crippen molar-refractivity contribution >= 4 is 17.0 Å². The predicted octanol–water partition coefficient (Wildman–Crippen LogP) is 4.45. The van der Waals surface area contributed by atoms with E-state index in [1.54, 1.807) is 17.6 Å². The summed E-state index contributed by atoms with van der Waals surface area (Å²) in [6.07, 6.45) is 2.77. The van der Waals surface area contributed by atoms with Gasteiger partial charge < -0.3 is 8.98 Å². The third kappa shape index (κ3) is 2.60. The second-order valence-electron chi connectivity index (χ2n) is 4.48. The molecule has 4 heteroatoms. The van der Waals surface area contributed by atoms with Gasteiger partial charge in [-0.25, -0.2) is 4.99 Å². The largest absolute Gasteiger partial charge is 0.463 e. The monoisotopic (exact) mass is 284 g/mol. The van der Waals surface area contributed by atoms with Crippen molar-refractivity contribution in [2.45, 2.75) is 19.9 Å². The molecule has 2 heterocycles. The summed E-state index contributed by atoms with van der Waals surface area (Å²) in [6, 6.07) is 13.9. The molecule has 0 bridgehead atoms. The van der Waals surface area contributed by atoms with E-state index in [1.165, 1.54) is 0 Å². The van der Waals surface area contributed by atoms with E-state index in [-0.39, 0.29) is 0 Å². The van der Waals surface area contributed by atoms with Gasteiger partial charge >= 0.3 is 0 Å². The van der Waals surface area contributed by atoms with Gasteiger partial charge in [0, 0.05) is 11.9 Å². The van der Waals surface area contributed by atoms with E-state index >= 15 is 0 Å². The van der Waals surface area contributed by atoms with E-state index in [0.717, 1.165) is 34.9 Å². The third-order valence-corrected chi connectivity index (χ3v) is 3.86. The van der Waals surface area contributed by atoms with Crippen molar-refractivity contribution in [3.63, 3.8) is 0 Å². The first-order valence-electron chi connectivity index (χ1n) is 6.70. The molecule has 0 unspecified atom stereocenters. The van der Waals surface area contributed by atoms with Gasteiger partial charge in [-0.3, -0.25) is 0 Å². The molecule has 0 atom stereocenters. The summed E-state index contributed by atoms with van der Waals surface area (Å²) >= 11 is 1.65. The van der Waals surface area contributed by atoms with Crippen LogP contribution in [0.15, 0.2) is 63.5 Å². The summed E-state index contributed by atoms with van der Waals surface area (Å²) in [7, 11) is 0. The van der Waals surface area contributed by atoms with Gasteiger partial charge in [-0.05, 0) is 30.7 Å². The van der Waals surface area contributed by atoms with Crippen molar-refractivity contribution in [1.82, 2.24) is 4.57 Å². The molecule has 2 aromatic heterocycles. The average Bonchev–Trinajstić information content (AvgIpc) is 3.11. The number of hydrogen-bond donors (Lipinski definition) is 0. The van der Waals surface area contributed by atoms with Crippen molar-refractivity contribution in [2.24, 2.45) is 4.99 Å². The molecule has 20 heavy (non-hydrogen) atoms. The van der Waals surface area contributed by atoms with Crippen molar-refractivity contribution in [1.29, 1.82) is 0 Å². The van der Waals surface area contributed by atoms with Crippen LogP contribution < -0.4 is 4.80 Å². The highest BCUT2D eigenvalue weighted by Gasteiger charge is 2.09. The van der Waals surface area contributed by atoms with Crippen LogP contribution in [-0.4, -0.2) is 4.57 Å². The summed E-state index contributed by atoms with van der Waals surface area (Å²) in [5.74, 6) is 0.893. The minimum atomic E-state index is 0.893. The molecule has 1 aromatic carbocycles. The second kappa shape index (κ2) is 5.92. The lowest BCUT2D eigenvalue weighted by molar-refractivity contribution is 0.567. The van der Waals surface area contributed by atoms with E-state index < -0.39 is 0 Å². The Bertz CT molecular complexity index is 723. The van der Waals surface area contributed by atoms with Crippen LogP contribution in [0.2, 0.25) is 0 Å². The van der Waals surface area contributed by atoms with Gasteiger partial charge in [0.25, 0.3) is 0 Å². The maximum Gasteiger partial charge on any atom is 0.190 e. The average molecular weight is 284 g/mol. The molecule has 0 aliphatic heterocycles. The van der Waals surface area contributed by atoms with Gasteiger partial charge in [0.2, 0.25) is 0 Å². The number of benzene rings is 1. The zero-order valence-corrected chi connectivity index (χ0v) is 12.1. The Labute approximate surface area is 121 Å². The Morgan fingerprint density at radius 2 is 2.00 bits per heavy atom. The molecule has 0 N–H and O–H groups in total. The quantitative estimate of drug-likeness (QED) is 0.696. The zero-order chi connectivity index (χ0) is 13.8. The van der Waals surface area contributed by atoms with Crippen LogP contribution in [0.3, 0.4) is 0 Å². The van der Waals surface area contributed by atoms with Crippen LogP contribution in [0.4, 0.5) is 5.69 Å². The van der Waals surface area contributed by atoms with Gasteiger partial charge in [0.15, 0.2) is 10.6 Å². The van der Waals surface area contributed by atoms with Gasteiger partial charge in [0.05, 0.1) is 17.6 Å². The fourth-order valence-electron chi connectivity index (χ4n) is 2.09. The molecule has 3 rings (SSSR count). The minimum Gasteiger partial charge on any atom is -0.463 e. The second-order valence-corrected chi connectivity index (χ2v) is 5.32. The van der Waals surface area contributed by atoms with E-state index in [2.05, 4.69) is 16.9 Å². The molecule has 0 radical (unpaired) electrons.